The Morgan fingerprint density at radius 3 is 2.38 bits per heavy atom. The number of amides is 1. The zero-order chi connectivity index (χ0) is 10.3. The van der Waals surface area contributed by atoms with E-state index in [-0.39, 0.29) is 5.60 Å². The minimum atomic E-state index is -0.368. The molecule has 0 saturated carbocycles. The topological polar surface area (TPSA) is 53.6 Å². The fourth-order valence-electron chi connectivity index (χ4n) is 0.677. The van der Waals surface area contributed by atoms with Crippen molar-refractivity contribution >= 4 is 6.41 Å². The molecule has 0 saturated heterocycles. The van der Waals surface area contributed by atoms with Crippen molar-refractivity contribution in [3.63, 3.8) is 0 Å². The third-order valence-electron chi connectivity index (χ3n) is 1.11. The normalized spacial score (nSPS) is 11.4. The second kappa shape index (κ2) is 5.90. The lowest BCUT2D eigenvalue weighted by molar-refractivity contribution is -0.238. The van der Waals surface area contributed by atoms with Crippen molar-refractivity contribution in [3.05, 3.63) is 0 Å². The second-order valence-electron chi connectivity index (χ2n) is 3.65. The van der Waals surface area contributed by atoms with E-state index in [4.69, 9.17) is 4.84 Å². The van der Waals surface area contributed by atoms with Gasteiger partial charge in [0.1, 0.15) is 0 Å². The average Bonchev–Trinajstić information content (AvgIpc) is 2.01. The quantitative estimate of drug-likeness (QED) is 0.348. The average molecular weight is 189 g/mol. The van der Waals surface area contributed by atoms with Crippen LogP contribution in [0, 0.1) is 0 Å². The van der Waals surface area contributed by atoms with Gasteiger partial charge in [-0.25, -0.2) is 10.3 Å². The summed E-state index contributed by atoms with van der Waals surface area (Å²) in [5, 5.41) is 4.04. The van der Waals surface area contributed by atoms with Crippen molar-refractivity contribution in [3.8, 4) is 0 Å². The fourth-order valence-corrected chi connectivity index (χ4v) is 0.677. The van der Waals surface area contributed by atoms with Crippen LogP contribution in [-0.4, -0.2) is 37.3 Å². The zero-order valence-electron chi connectivity index (χ0n) is 8.76. The number of rotatable bonds is 6. The highest BCUT2D eigenvalue weighted by molar-refractivity contribution is 5.44. The van der Waals surface area contributed by atoms with E-state index < -0.39 is 0 Å². The molecule has 5 heteroatoms. The first-order valence-corrected chi connectivity index (χ1v) is 4.31. The number of nitrogens with zero attached hydrogens (tertiary/aromatic N) is 1. The van der Waals surface area contributed by atoms with Gasteiger partial charge in [-0.15, -0.1) is 0 Å². The predicted molar refractivity (Wildman–Crippen MR) is 50.7 cm³/mol. The summed E-state index contributed by atoms with van der Waals surface area (Å²) in [7, 11) is 1.84. The largest absolute Gasteiger partial charge is 0.318 e. The predicted octanol–water partition coefficient (Wildman–Crippen LogP) is -0.101. The lowest BCUT2D eigenvalue weighted by Gasteiger charge is -2.26. The number of hydrazine groups is 1. The summed E-state index contributed by atoms with van der Waals surface area (Å²) in [5.41, 5.74) is 2.44. The minimum Gasteiger partial charge on any atom is -0.318 e. The third-order valence-corrected chi connectivity index (χ3v) is 1.11. The molecule has 0 unspecified atom stereocenters. The zero-order valence-corrected chi connectivity index (χ0v) is 8.76. The van der Waals surface area contributed by atoms with E-state index in [0.29, 0.717) is 13.0 Å². The highest BCUT2D eigenvalue weighted by Gasteiger charge is 2.15. The fraction of sp³-hybridized carbons (Fsp3) is 0.875. The van der Waals surface area contributed by atoms with Gasteiger partial charge in [0.25, 0.3) is 0 Å². The molecule has 0 fully saturated rings. The van der Waals surface area contributed by atoms with Crippen LogP contribution in [0.15, 0.2) is 0 Å². The van der Waals surface area contributed by atoms with Crippen LogP contribution in [0.2, 0.25) is 0 Å². The van der Waals surface area contributed by atoms with E-state index in [2.05, 4.69) is 10.7 Å². The molecule has 5 nitrogen and oxygen atoms in total. The summed E-state index contributed by atoms with van der Waals surface area (Å²) in [6.07, 6.45) is 0.612. The first-order valence-electron chi connectivity index (χ1n) is 4.31. The van der Waals surface area contributed by atoms with Gasteiger partial charge >= 0.3 is 0 Å². The number of carbonyl (C=O) groups is 1. The third kappa shape index (κ3) is 7.70. The maximum Gasteiger partial charge on any atom is 0.249 e. The molecule has 0 aliphatic heterocycles. The Morgan fingerprint density at radius 2 is 2.00 bits per heavy atom. The molecule has 2 N–H and O–H groups in total. The van der Waals surface area contributed by atoms with Gasteiger partial charge in [0.15, 0.2) is 0 Å². The number of nitrogens with one attached hydrogen (secondary N) is 2. The first-order chi connectivity index (χ1) is 5.99. The molecule has 1 amide bonds. The molecule has 78 valence electrons. The Bertz CT molecular complexity index is 145. The minimum absolute atomic E-state index is 0.368. The van der Waals surface area contributed by atoms with Crippen molar-refractivity contribution in [1.82, 2.24) is 15.9 Å². The highest BCUT2D eigenvalue weighted by Crippen LogP contribution is 2.06. The van der Waals surface area contributed by atoms with Gasteiger partial charge in [-0.1, -0.05) is 0 Å². The molecule has 0 radical (unpaired) electrons. The van der Waals surface area contributed by atoms with E-state index in [1.807, 2.05) is 27.8 Å². The highest BCUT2D eigenvalue weighted by atomic mass is 16.7. The summed E-state index contributed by atoms with van der Waals surface area (Å²) in [4.78, 5) is 15.8. The molecule has 0 aromatic heterocycles. The molecule has 0 aromatic carbocycles. The molecule has 0 atom stereocenters. The molecule has 0 aromatic rings. The molecule has 13 heavy (non-hydrogen) atoms. The van der Waals surface area contributed by atoms with Crippen molar-refractivity contribution in [2.24, 2.45) is 0 Å². The lowest BCUT2D eigenvalue weighted by atomic mass is 10.2. The second-order valence-corrected chi connectivity index (χ2v) is 3.65. The van der Waals surface area contributed by atoms with Crippen molar-refractivity contribution in [2.45, 2.75) is 26.4 Å². The Morgan fingerprint density at radius 1 is 1.38 bits per heavy atom. The number of likely N-dealkylation sites (N-methyl/N-ethyl adjacent to an activating group) is 1. The first kappa shape index (κ1) is 12.3. The van der Waals surface area contributed by atoms with Gasteiger partial charge in [0.05, 0.1) is 5.60 Å². The summed E-state index contributed by atoms with van der Waals surface area (Å²) in [6.45, 7) is 7.05. The van der Waals surface area contributed by atoms with Crippen LogP contribution in [0.1, 0.15) is 20.8 Å². The molecule has 0 bridgehead atoms. The van der Waals surface area contributed by atoms with Crippen molar-refractivity contribution < 1.29 is 9.63 Å². The maximum atomic E-state index is 10.5. The van der Waals surface area contributed by atoms with Crippen LogP contribution in [0.5, 0.6) is 0 Å². The monoisotopic (exact) mass is 189 g/mol. The van der Waals surface area contributed by atoms with Crippen molar-refractivity contribution in [1.29, 1.82) is 0 Å². The number of hydroxylamine groups is 1. The van der Waals surface area contributed by atoms with Crippen LogP contribution in [0.4, 0.5) is 0 Å². The lowest BCUT2D eigenvalue weighted by Crippen LogP contribution is -2.44. The van der Waals surface area contributed by atoms with Crippen LogP contribution >= 0.6 is 0 Å². The van der Waals surface area contributed by atoms with Crippen LogP contribution in [-0.2, 0) is 9.63 Å². The molecule has 0 aliphatic rings. The van der Waals surface area contributed by atoms with E-state index in [9.17, 15) is 4.79 Å². The molecular weight excluding hydrogens is 170 g/mol. The van der Waals surface area contributed by atoms with Crippen LogP contribution in [0.3, 0.4) is 0 Å². The van der Waals surface area contributed by atoms with Crippen molar-refractivity contribution in [2.75, 3.05) is 20.1 Å². The van der Waals surface area contributed by atoms with E-state index in [1.54, 1.807) is 0 Å². The summed E-state index contributed by atoms with van der Waals surface area (Å²) < 4.78 is 0. The Balaban J connectivity index is 3.70. The summed E-state index contributed by atoms with van der Waals surface area (Å²) in [5.74, 6) is 0. The maximum absolute atomic E-state index is 10.5. The van der Waals surface area contributed by atoms with Gasteiger partial charge in [0, 0.05) is 13.1 Å². The van der Waals surface area contributed by atoms with Gasteiger partial charge in [0.2, 0.25) is 6.41 Å². The summed E-state index contributed by atoms with van der Waals surface area (Å²) in [6, 6.07) is 0. The van der Waals surface area contributed by atoms with Gasteiger partial charge in [-0.3, -0.25) is 4.79 Å². The number of hydrogen-bond acceptors (Lipinski definition) is 4. The molecule has 0 heterocycles. The Labute approximate surface area is 79.4 Å². The smallest absolute Gasteiger partial charge is 0.249 e. The van der Waals surface area contributed by atoms with Crippen LogP contribution in [0.25, 0.3) is 0 Å². The van der Waals surface area contributed by atoms with Gasteiger partial charge in [-0.2, -0.15) is 5.17 Å². The molecule has 0 aliphatic carbocycles. The van der Waals surface area contributed by atoms with Gasteiger partial charge < -0.3 is 5.32 Å². The van der Waals surface area contributed by atoms with E-state index in [1.165, 1.54) is 0 Å². The SMILES string of the molecule is CNCCNN(C=O)OC(C)(C)C. The van der Waals surface area contributed by atoms with E-state index in [0.717, 1.165) is 11.7 Å². The molecular formula is C8H19N3O2. The number of hydrogen-bond donors (Lipinski definition) is 2. The Kier molecular flexibility index (Phi) is 5.61. The van der Waals surface area contributed by atoms with Crippen LogP contribution < -0.4 is 10.7 Å². The van der Waals surface area contributed by atoms with Gasteiger partial charge in [-0.05, 0) is 27.8 Å². The Hall–Kier alpha value is -0.650. The standard InChI is InChI=1S/C8H19N3O2/c1-8(2,3)13-11(7-12)10-6-5-9-4/h7,9-10H,5-6H2,1-4H3. The van der Waals surface area contributed by atoms with E-state index >= 15 is 0 Å². The summed E-state index contributed by atoms with van der Waals surface area (Å²) >= 11 is 0. The molecule has 0 rings (SSSR count). The molecule has 0 spiro atoms. The number of carbonyl (C=O) groups excluding carboxylic acids is 1.